The summed E-state index contributed by atoms with van der Waals surface area (Å²) in [6, 6.07) is 10.2. The van der Waals surface area contributed by atoms with Crippen LogP contribution < -0.4 is 10.1 Å². The Hall–Kier alpha value is -1.57. The van der Waals surface area contributed by atoms with Gasteiger partial charge in [-0.2, -0.15) is 5.26 Å². The fraction of sp³-hybridized carbons (Fsp3) is 0.533. The van der Waals surface area contributed by atoms with Crippen molar-refractivity contribution in [2.24, 2.45) is 0 Å². The third-order valence-electron chi connectivity index (χ3n) is 2.69. The van der Waals surface area contributed by atoms with Crippen molar-refractivity contribution in [1.29, 1.82) is 5.26 Å². The van der Waals surface area contributed by atoms with Gasteiger partial charge in [-0.1, -0.05) is 12.1 Å². The molecule has 1 rings (SSSR count). The van der Waals surface area contributed by atoms with Crippen molar-refractivity contribution in [2.75, 3.05) is 26.9 Å². The van der Waals surface area contributed by atoms with Crippen LogP contribution in [-0.4, -0.2) is 26.9 Å². The van der Waals surface area contributed by atoms with E-state index in [9.17, 15) is 0 Å². The van der Waals surface area contributed by atoms with Gasteiger partial charge in [-0.05, 0) is 30.5 Å². The van der Waals surface area contributed by atoms with Crippen molar-refractivity contribution in [1.82, 2.24) is 5.32 Å². The third-order valence-corrected chi connectivity index (χ3v) is 2.69. The molecule has 0 aromatic heterocycles. The van der Waals surface area contributed by atoms with E-state index in [0.717, 1.165) is 38.3 Å². The molecule has 0 unspecified atom stereocenters. The number of methoxy groups -OCH3 is 1. The molecule has 0 aliphatic heterocycles. The minimum absolute atomic E-state index is 0.607. The zero-order chi connectivity index (χ0) is 13.8. The second-order valence-electron chi connectivity index (χ2n) is 4.28. The summed E-state index contributed by atoms with van der Waals surface area (Å²) < 4.78 is 10.6. The van der Waals surface area contributed by atoms with Gasteiger partial charge in [-0.25, -0.2) is 0 Å². The third kappa shape index (κ3) is 7.45. The summed E-state index contributed by atoms with van der Waals surface area (Å²) in [7, 11) is 1.70. The number of hydrogen-bond donors (Lipinski definition) is 1. The molecule has 0 aliphatic rings. The van der Waals surface area contributed by atoms with Crippen LogP contribution in [-0.2, 0) is 11.3 Å². The lowest BCUT2D eigenvalue weighted by molar-refractivity contribution is 0.199. The molecule has 104 valence electrons. The average molecular weight is 262 g/mol. The van der Waals surface area contributed by atoms with Crippen molar-refractivity contribution >= 4 is 0 Å². The van der Waals surface area contributed by atoms with Gasteiger partial charge in [0.25, 0.3) is 0 Å². The van der Waals surface area contributed by atoms with E-state index in [1.54, 1.807) is 7.11 Å². The molecule has 19 heavy (non-hydrogen) atoms. The van der Waals surface area contributed by atoms with Crippen molar-refractivity contribution in [2.45, 2.75) is 25.8 Å². The molecule has 0 atom stereocenters. The highest BCUT2D eigenvalue weighted by Crippen LogP contribution is 2.12. The molecule has 4 heteroatoms. The van der Waals surface area contributed by atoms with E-state index in [0.29, 0.717) is 13.0 Å². The van der Waals surface area contributed by atoms with E-state index >= 15 is 0 Å². The van der Waals surface area contributed by atoms with Gasteiger partial charge < -0.3 is 14.8 Å². The summed E-state index contributed by atoms with van der Waals surface area (Å²) in [5, 5.41) is 11.7. The van der Waals surface area contributed by atoms with Gasteiger partial charge in [0.2, 0.25) is 0 Å². The van der Waals surface area contributed by atoms with Gasteiger partial charge in [0, 0.05) is 26.6 Å². The number of ether oxygens (including phenoxy) is 2. The monoisotopic (exact) mass is 262 g/mol. The lowest BCUT2D eigenvalue weighted by atomic mass is 10.2. The lowest BCUT2D eigenvalue weighted by Crippen LogP contribution is -2.18. The fourth-order valence-electron chi connectivity index (χ4n) is 1.61. The molecule has 0 fully saturated rings. The molecule has 1 N–H and O–H groups in total. The normalized spacial score (nSPS) is 10.1. The van der Waals surface area contributed by atoms with Crippen molar-refractivity contribution < 1.29 is 9.47 Å². The molecule has 0 amide bonds. The molecule has 0 heterocycles. The highest BCUT2D eigenvalue weighted by Gasteiger charge is 1.96. The molecule has 1 aromatic carbocycles. The first-order chi connectivity index (χ1) is 9.36. The van der Waals surface area contributed by atoms with Crippen LogP contribution in [0.1, 0.15) is 24.8 Å². The number of rotatable bonds is 10. The Balaban J connectivity index is 2.18. The van der Waals surface area contributed by atoms with Crippen LogP contribution in [0.4, 0.5) is 0 Å². The molecule has 4 nitrogen and oxygen atoms in total. The van der Waals surface area contributed by atoms with E-state index in [2.05, 4.69) is 23.5 Å². The van der Waals surface area contributed by atoms with Gasteiger partial charge in [0.15, 0.2) is 0 Å². The predicted molar refractivity (Wildman–Crippen MR) is 75.0 cm³/mol. The molecule has 0 aliphatic carbocycles. The Kier molecular flexibility index (Phi) is 8.45. The van der Waals surface area contributed by atoms with Crippen LogP contribution in [0.2, 0.25) is 0 Å². The maximum Gasteiger partial charge on any atom is 0.119 e. The van der Waals surface area contributed by atoms with Crippen LogP contribution in [0.3, 0.4) is 0 Å². The number of benzene rings is 1. The number of nitrogens with one attached hydrogen (secondary N) is 1. The van der Waals surface area contributed by atoms with Crippen molar-refractivity contribution in [3.63, 3.8) is 0 Å². The summed E-state index contributed by atoms with van der Waals surface area (Å²) >= 11 is 0. The zero-order valence-corrected chi connectivity index (χ0v) is 11.5. The first-order valence-corrected chi connectivity index (χ1v) is 6.65. The van der Waals surface area contributed by atoms with Crippen molar-refractivity contribution in [3.05, 3.63) is 29.8 Å². The highest BCUT2D eigenvalue weighted by atomic mass is 16.5. The zero-order valence-electron chi connectivity index (χ0n) is 11.5. The maximum atomic E-state index is 8.41. The van der Waals surface area contributed by atoms with Crippen LogP contribution >= 0.6 is 0 Å². The van der Waals surface area contributed by atoms with Gasteiger partial charge >= 0.3 is 0 Å². The predicted octanol–water partition coefficient (Wildman–Crippen LogP) is 2.50. The quantitative estimate of drug-likeness (QED) is 0.658. The summed E-state index contributed by atoms with van der Waals surface area (Å²) in [6.07, 6.45) is 2.43. The first-order valence-electron chi connectivity index (χ1n) is 6.65. The van der Waals surface area contributed by atoms with Gasteiger partial charge in [-0.3, -0.25) is 0 Å². The Morgan fingerprint density at radius 2 is 1.95 bits per heavy atom. The van der Waals surface area contributed by atoms with Crippen LogP contribution in [0, 0.1) is 11.3 Å². The molecule has 0 saturated heterocycles. The summed E-state index contributed by atoms with van der Waals surface area (Å²) in [5.41, 5.74) is 1.23. The summed E-state index contributed by atoms with van der Waals surface area (Å²) in [4.78, 5) is 0. The Labute approximate surface area is 115 Å². The summed E-state index contributed by atoms with van der Waals surface area (Å²) in [6.45, 7) is 3.09. The minimum Gasteiger partial charge on any atom is -0.494 e. The molecule has 0 spiro atoms. The summed E-state index contributed by atoms with van der Waals surface area (Å²) in [5.74, 6) is 0.887. The van der Waals surface area contributed by atoms with E-state index in [1.807, 2.05) is 12.1 Å². The fourth-order valence-corrected chi connectivity index (χ4v) is 1.61. The standard InChI is InChI=1S/C15H22N2O2/c1-18-12-10-17-13-14-5-7-15(8-6-14)19-11-4-2-3-9-16/h5-8,17H,2-4,10-13H2,1H3. The number of nitrogens with zero attached hydrogens (tertiary/aromatic N) is 1. The van der Waals surface area contributed by atoms with Gasteiger partial charge in [0.05, 0.1) is 19.3 Å². The molecule has 0 bridgehead atoms. The maximum absolute atomic E-state index is 8.41. The van der Waals surface area contributed by atoms with Gasteiger partial charge in [-0.15, -0.1) is 0 Å². The molecule has 1 aromatic rings. The second-order valence-corrected chi connectivity index (χ2v) is 4.28. The van der Waals surface area contributed by atoms with Crippen molar-refractivity contribution in [3.8, 4) is 11.8 Å². The van der Waals surface area contributed by atoms with Crippen LogP contribution in [0.15, 0.2) is 24.3 Å². The number of nitriles is 1. The Morgan fingerprint density at radius 1 is 1.16 bits per heavy atom. The van der Waals surface area contributed by atoms with E-state index in [1.165, 1.54) is 5.56 Å². The van der Waals surface area contributed by atoms with Crippen LogP contribution in [0.25, 0.3) is 0 Å². The Morgan fingerprint density at radius 3 is 2.63 bits per heavy atom. The minimum atomic E-state index is 0.607. The number of unbranched alkanes of at least 4 members (excludes halogenated alkanes) is 2. The first kappa shape index (κ1) is 15.5. The number of hydrogen-bond acceptors (Lipinski definition) is 4. The molecule has 0 radical (unpaired) electrons. The Bertz CT molecular complexity index is 371. The largest absolute Gasteiger partial charge is 0.494 e. The molecular formula is C15H22N2O2. The second kappa shape index (κ2) is 10.4. The van der Waals surface area contributed by atoms with E-state index in [-0.39, 0.29) is 0 Å². The molecular weight excluding hydrogens is 240 g/mol. The molecule has 0 saturated carbocycles. The van der Waals surface area contributed by atoms with Gasteiger partial charge in [0.1, 0.15) is 5.75 Å². The topological polar surface area (TPSA) is 54.3 Å². The van der Waals surface area contributed by atoms with E-state index < -0.39 is 0 Å². The van der Waals surface area contributed by atoms with E-state index in [4.69, 9.17) is 14.7 Å². The average Bonchev–Trinajstić information content (AvgIpc) is 2.45. The van der Waals surface area contributed by atoms with Crippen LogP contribution in [0.5, 0.6) is 5.75 Å². The lowest BCUT2D eigenvalue weighted by Gasteiger charge is -2.07. The smallest absolute Gasteiger partial charge is 0.119 e. The highest BCUT2D eigenvalue weighted by molar-refractivity contribution is 5.27. The SMILES string of the molecule is COCCNCc1ccc(OCCCCC#N)cc1.